The van der Waals surface area contributed by atoms with Gasteiger partial charge in [-0.25, -0.2) is 0 Å². The van der Waals surface area contributed by atoms with Crippen molar-refractivity contribution in [3.63, 3.8) is 0 Å². The van der Waals surface area contributed by atoms with Crippen LogP contribution in [0.15, 0.2) is 156 Å². The van der Waals surface area contributed by atoms with Crippen LogP contribution in [-0.4, -0.2) is 11.4 Å². The first-order valence-electron chi connectivity index (χ1n) is 18.5. The van der Waals surface area contributed by atoms with E-state index in [2.05, 4.69) is 202 Å². The molecule has 0 saturated carbocycles. The van der Waals surface area contributed by atoms with E-state index in [0.29, 0.717) is 0 Å². The molecule has 0 aliphatic carbocycles. The molecule has 0 amide bonds. The molecule has 0 aliphatic rings. The third-order valence-electron chi connectivity index (χ3n) is 9.40. The Morgan fingerprint density at radius 1 is 0.453 bits per heavy atom. The number of benzene rings is 6. The molecule has 53 heavy (non-hydrogen) atoms. The van der Waals surface area contributed by atoms with Crippen LogP contribution in [0.25, 0.3) is 44.5 Å². The molecular formula is C48H48Br2N2Ni. The van der Waals surface area contributed by atoms with E-state index >= 15 is 0 Å². The Morgan fingerprint density at radius 3 is 0.925 bits per heavy atom. The average Bonchev–Trinajstić information content (AvgIpc) is 3.21. The van der Waals surface area contributed by atoms with Crippen molar-refractivity contribution in [3.05, 3.63) is 157 Å². The fourth-order valence-corrected chi connectivity index (χ4v) is 6.53. The molecule has 0 atom stereocenters. The van der Waals surface area contributed by atoms with Gasteiger partial charge in [0.25, 0.3) is 0 Å². The molecule has 0 unspecified atom stereocenters. The molecule has 0 heterocycles. The van der Waals surface area contributed by atoms with Crippen molar-refractivity contribution in [2.75, 3.05) is 0 Å². The number of aryl methyl sites for hydroxylation is 2. The van der Waals surface area contributed by atoms with Crippen LogP contribution in [0.3, 0.4) is 0 Å². The zero-order chi connectivity index (χ0) is 37.4. The van der Waals surface area contributed by atoms with Crippen molar-refractivity contribution in [1.82, 2.24) is 0 Å². The first kappa shape index (κ1) is 40.3. The summed E-state index contributed by atoms with van der Waals surface area (Å²) in [5.74, 6) is 0. The zero-order valence-corrected chi connectivity index (χ0v) is 35.2. The van der Waals surface area contributed by atoms with Gasteiger partial charge < -0.3 is 0 Å². The fourth-order valence-electron chi connectivity index (χ4n) is 6.53. The van der Waals surface area contributed by atoms with Gasteiger partial charge in [0.2, 0.25) is 0 Å². The van der Waals surface area contributed by atoms with Crippen LogP contribution in [-0.2, 0) is 23.7 Å². The van der Waals surface area contributed by atoms with Crippen LogP contribution >= 0.6 is 28.5 Å². The van der Waals surface area contributed by atoms with E-state index in [1.807, 2.05) is 0 Å². The maximum absolute atomic E-state index is 5.48. The van der Waals surface area contributed by atoms with Crippen LogP contribution in [0, 0.1) is 0 Å². The van der Waals surface area contributed by atoms with Crippen molar-refractivity contribution >= 4 is 51.2 Å². The van der Waals surface area contributed by atoms with Crippen LogP contribution in [0.4, 0.5) is 11.4 Å². The van der Waals surface area contributed by atoms with Crippen molar-refractivity contribution in [2.24, 2.45) is 9.98 Å². The summed E-state index contributed by atoms with van der Waals surface area (Å²) in [7, 11) is 1.25. The number of halogens is 2. The molecule has 5 heteroatoms. The van der Waals surface area contributed by atoms with Gasteiger partial charge in [0, 0.05) is 22.3 Å². The Labute approximate surface area is 337 Å². The third kappa shape index (κ3) is 11.1. The van der Waals surface area contributed by atoms with Gasteiger partial charge in [-0.3, -0.25) is 9.98 Å². The van der Waals surface area contributed by atoms with E-state index < -0.39 is 0 Å². The molecule has 2 nitrogen and oxygen atoms in total. The van der Waals surface area contributed by atoms with Crippen molar-refractivity contribution in [3.8, 4) is 44.5 Å². The fraction of sp³-hybridized carbons (Fsp3) is 0.208. The van der Waals surface area contributed by atoms with Gasteiger partial charge in [-0.1, -0.05) is 148 Å². The van der Waals surface area contributed by atoms with Crippen molar-refractivity contribution < 1.29 is 10.9 Å². The number of unbranched alkanes of at least 4 members (excludes halogenated alkanes) is 2. The molecule has 6 aromatic rings. The second-order valence-corrected chi connectivity index (χ2v) is 18.2. The number of rotatable bonds is 13. The Kier molecular flexibility index (Phi) is 16.1. The summed E-state index contributed by atoms with van der Waals surface area (Å²) in [6.07, 6.45) is 6.70. The van der Waals surface area contributed by atoms with Gasteiger partial charge in [-0.05, 0) is 97.2 Å². The van der Waals surface area contributed by atoms with Crippen LogP contribution in [0.2, 0.25) is 0 Å². The predicted octanol–water partition coefficient (Wildman–Crippen LogP) is 15.6. The molecule has 6 rings (SSSR count). The minimum atomic E-state index is 0.897. The van der Waals surface area contributed by atoms with Crippen molar-refractivity contribution in [1.29, 1.82) is 0 Å². The number of nitrogens with zero attached hydrogens (tertiary/aromatic N) is 2. The quantitative estimate of drug-likeness (QED) is 0.0816. The van der Waals surface area contributed by atoms with Gasteiger partial charge in [0.05, 0.1) is 22.8 Å². The van der Waals surface area contributed by atoms with Crippen molar-refractivity contribution in [2.45, 2.75) is 66.2 Å². The zero-order valence-electron chi connectivity index (χ0n) is 31.1. The monoisotopic (exact) mass is 868 g/mol. The molecule has 0 bridgehead atoms. The van der Waals surface area contributed by atoms with Crippen LogP contribution in [0.5, 0.6) is 0 Å². The topological polar surface area (TPSA) is 24.7 Å². The Balaban J connectivity index is 0.00000175. The molecule has 0 N–H and O–H groups in total. The molecule has 274 valence electrons. The SMILES string of the molecule is CCCCc1cc(-c2ccccc2)c(N=C(C)C(C)=Nc2c(-c3ccccc3)cc(CCCC)cc2-c2ccccc2)c(-c2ccccc2)c1.[Br][Ni][Br]. The summed E-state index contributed by atoms with van der Waals surface area (Å²) in [4.78, 5) is 11.0. The van der Waals surface area contributed by atoms with E-state index in [-0.39, 0.29) is 0 Å². The molecule has 0 aromatic heterocycles. The third-order valence-corrected chi connectivity index (χ3v) is 9.40. The van der Waals surface area contributed by atoms with Crippen LogP contribution < -0.4 is 0 Å². The molecular weight excluding hydrogens is 823 g/mol. The molecule has 0 aliphatic heterocycles. The summed E-state index contributed by atoms with van der Waals surface area (Å²) in [5, 5.41) is 0. The summed E-state index contributed by atoms with van der Waals surface area (Å²) in [6, 6.07) is 52.2. The first-order chi connectivity index (χ1) is 26.0. The van der Waals surface area contributed by atoms with E-state index in [1.165, 1.54) is 44.3 Å². The standard InChI is InChI=1S/C48H48N2.2BrH.Ni/c1-5-7-21-37-31-43(39-23-13-9-14-24-39)47(44(32-37)40-25-15-10-16-26-40)49-35(3)36(4)50-48-45(41-27-17-11-18-28-41)33-38(22-8-6-2)34-46(48)42-29-19-12-20-30-42;;;/h9-20,23-34H,5-8,21-22H2,1-4H3;2*1H;/q;;;+2/p-2. The van der Waals surface area contributed by atoms with Gasteiger partial charge in [0.15, 0.2) is 0 Å². The number of hydrogen-bond donors (Lipinski definition) is 0. The predicted molar refractivity (Wildman–Crippen MR) is 235 cm³/mol. The summed E-state index contributed by atoms with van der Waals surface area (Å²) >= 11 is 6.00. The molecule has 0 saturated heterocycles. The van der Waals surface area contributed by atoms with E-state index in [0.717, 1.165) is 83.6 Å². The maximum atomic E-state index is 5.48. The average molecular weight is 871 g/mol. The van der Waals surface area contributed by atoms with Gasteiger partial charge in [-0.15, -0.1) is 0 Å². The van der Waals surface area contributed by atoms with E-state index in [9.17, 15) is 0 Å². The Morgan fingerprint density at radius 2 is 0.698 bits per heavy atom. The second-order valence-electron chi connectivity index (χ2n) is 13.2. The molecule has 0 radical (unpaired) electrons. The summed E-state index contributed by atoms with van der Waals surface area (Å²) in [6.45, 7) is 8.72. The Bertz CT molecular complexity index is 1820. The first-order valence-corrected chi connectivity index (χ1v) is 23.3. The second kappa shape index (κ2) is 21.1. The number of hydrogen-bond acceptors (Lipinski definition) is 2. The Hall–Kier alpha value is -3.89. The molecule has 6 aromatic carbocycles. The normalized spacial score (nSPS) is 11.7. The minimum absolute atomic E-state index is 0.897. The van der Waals surface area contributed by atoms with Gasteiger partial charge >= 0.3 is 39.3 Å². The van der Waals surface area contributed by atoms with E-state index in [4.69, 9.17) is 9.98 Å². The van der Waals surface area contributed by atoms with Crippen LogP contribution in [0.1, 0.15) is 64.5 Å². The van der Waals surface area contributed by atoms with Gasteiger partial charge in [-0.2, -0.15) is 0 Å². The molecule has 0 spiro atoms. The molecule has 0 fully saturated rings. The summed E-state index contributed by atoms with van der Waals surface area (Å²) < 4.78 is 0. The van der Waals surface area contributed by atoms with Gasteiger partial charge in [0.1, 0.15) is 0 Å². The summed E-state index contributed by atoms with van der Waals surface area (Å²) in [5.41, 5.74) is 15.7. The number of aliphatic imine (C=N–C) groups is 2. The van der Waals surface area contributed by atoms with E-state index in [1.54, 1.807) is 0 Å².